The fourth-order valence-electron chi connectivity index (χ4n) is 1.82. The Labute approximate surface area is 175 Å². The maximum absolute atomic E-state index is 11.8. The lowest BCUT2D eigenvalue weighted by molar-refractivity contribution is -0.144. The molecule has 14 heteroatoms. The molecule has 0 aliphatic rings. The van der Waals surface area contributed by atoms with Crippen LogP contribution in [0.25, 0.3) is 0 Å². The molecule has 2 N–H and O–H groups in total. The van der Waals surface area contributed by atoms with Crippen molar-refractivity contribution in [3.63, 3.8) is 0 Å². The Morgan fingerprint density at radius 2 is 1.21 bits per heavy atom. The molecular weight excluding hydrogens is 464 g/mol. The number of carbonyl (C=O) groups excluding carboxylic acids is 2. The van der Waals surface area contributed by atoms with E-state index >= 15 is 0 Å². The van der Waals surface area contributed by atoms with Gasteiger partial charge in [-0.1, -0.05) is 12.1 Å². The molecule has 0 amide bonds. The van der Waals surface area contributed by atoms with Crippen LogP contribution in [0.1, 0.15) is 6.42 Å². The van der Waals surface area contributed by atoms with Crippen LogP contribution in [0.15, 0.2) is 43.4 Å². The summed E-state index contributed by atoms with van der Waals surface area (Å²) in [6, 6.07) is 5.97. The van der Waals surface area contributed by atoms with Gasteiger partial charge < -0.3 is 9.47 Å². The number of ether oxygens (including phenoxy) is 2. The van der Waals surface area contributed by atoms with Crippen LogP contribution in [0, 0.1) is 0 Å². The highest BCUT2D eigenvalue weighted by molar-refractivity contribution is 7.91. The molecule has 0 atom stereocenters. The van der Waals surface area contributed by atoms with Crippen LogP contribution in [0.5, 0.6) is 0 Å². The number of thiophene rings is 2. The molecule has 0 aliphatic heterocycles. The molecule has 0 saturated heterocycles. The van der Waals surface area contributed by atoms with Crippen LogP contribution >= 0.6 is 22.7 Å². The van der Waals surface area contributed by atoms with Gasteiger partial charge in [-0.25, -0.2) is 16.8 Å². The number of esters is 2. The van der Waals surface area contributed by atoms with Crippen molar-refractivity contribution >= 4 is 54.7 Å². The topological polar surface area (TPSA) is 145 Å². The summed E-state index contributed by atoms with van der Waals surface area (Å²) < 4.78 is 61.5. The number of hydrogen-bond acceptors (Lipinski definition) is 10. The monoisotopic (exact) mass is 482 g/mol. The van der Waals surface area contributed by atoms with E-state index in [2.05, 4.69) is 9.44 Å². The first kappa shape index (κ1) is 23.4. The molecule has 0 aliphatic carbocycles. The Morgan fingerprint density at radius 3 is 1.55 bits per heavy atom. The quantitative estimate of drug-likeness (QED) is 0.329. The third kappa shape index (κ3) is 7.83. The SMILES string of the molecule is O=C(CNS(=O)(=O)c1cccs1)OCCCOC(=O)CNS(=O)(=O)c1cccs1. The second-order valence-electron chi connectivity index (χ2n) is 5.31. The van der Waals surface area contributed by atoms with Crippen LogP contribution in [-0.2, 0) is 39.1 Å². The molecule has 0 bridgehead atoms. The minimum Gasteiger partial charge on any atom is -0.465 e. The van der Waals surface area contributed by atoms with Crippen molar-refractivity contribution in [3.05, 3.63) is 35.0 Å². The molecule has 0 spiro atoms. The first-order valence-corrected chi connectivity index (χ1v) is 12.8. The Morgan fingerprint density at radius 1 is 0.793 bits per heavy atom. The predicted molar refractivity (Wildman–Crippen MR) is 106 cm³/mol. The average molecular weight is 483 g/mol. The number of hydrogen-bond donors (Lipinski definition) is 2. The van der Waals surface area contributed by atoms with E-state index in [1.165, 1.54) is 12.1 Å². The number of nitrogens with one attached hydrogen (secondary N) is 2. The lowest BCUT2D eigenvalue weighted by Crippen LogP contribution is -2.31. The summed E-state index contributed by atoms with van der Waals surface area (Å²) in [5, 5.41) is 3.20. The van der Waals surface area contributed by atoms with E-state index < -0.39 is 45.1 Å². The highest BCUT2D eigenvalue weighted by Gasteiger charge is 2.18. The van der Waals surface area contributed by atoms with Crippen LogP contribution < -0.4 is 9.44 Å². The van der Waals surface area contributed by atoms with Crippen molar-refractivity contribution < 1.29 is 35.9 Å². The highest BCUT2D eigenvalue weighted by Crippen LogP contribution is 2.15. The fraction of sp³-hybridized carbons (Fsp3) is 0.333. The van der Waals surface area contributed by atoms with Gasteiger partial charge in [0.15, 0.2) is 0 Å². The van der Waals surface area contributed by atoms with E-state index in [1.807, 2.05) is 0 Å². The molecule has 0 saturated carbocycles. The first-order valence-electron chi connectivity index (χ1n) is 8.08. The van der Waals surface area contributed by atoms with Gasteiger partial charge in [0.05, 0.1) is 13.2 Å². The predicted octanol–water partition coefficient (Wildman–Crippen LogP) is 0.543. The summed E-state index contributed by atoms with van der Waals surface area (Å²) in [6.45, 7) is -1.23. The fourth-order valence-corrected chi connectivity index (χ4v) is 5.83. The molecule has 160 valence electrons. The van der Waals surface area contributed by atoms with Gasteiger partial charge in [-0.05, 0) is 22.9 Å². The largest absolute Gasteiger partial charge is 0.465 e. The van der Waals surface area contributed by atoms with Gasteiger partial charge in [0.2, 0.25) is 0 Å². The van der Waals surface area contributed by atoms with Gasteiger partial charge in [-0.2, -0.15) is 9.44 Å². The minimum atomic E-state index is -3.75. The molecule has 10 nitrogen and oxygen atoms in total. The molecule has 29 heavy (non-hydrogen) atoms. The van der Waals surface area contributed by atoms with Crippen molar-refractivity contribution in [1.29, 1.82) is 0 Å². The Balaban J connectivity index is 1.57. The normalized spacial score (nSPS) is 11.9. The van der Waals surface area contributed by atoms with Gasteiger partial charge in [0.25, 0.3) is 20.0 Å². The Bertz CT molecular complexity index is 917. The van der Waals surface area contributed by atoms with E-state index in [1.54, 1.807) is 22.9 Å². The van der Waals surface area contributed by atoms with Crippen molar-refractivity contribution in [2.45, 2.75) is 14.8 Å². The molecule has 0 fully saturated rings. The number of carbonyl (C=O) groups is 2. The Kier molecular flexibility index (Phi) is 8.73. The minimum absolute atomic E-state index is 0.0895. The van der Waals surface area contributed by atoms with E-state index in [9.17, 15) is 26.4 Å². The smallest absolute Gasteiger partial charge is 0.321 e. The molecular formula is C15H18N2O8S4. The molecule has 0 radical (unpaired) electrons. The third-order valence-electron chi connectivity index (χ3n) is 3.15. The lowest BCUT2D eigenvalue weighted by atomic mass is 10.5. The van der Waals surface area contributed by atoms with Crippen molar-refractivity contribution in [3.8, 4) is 0 Å². The maximum Gasteiger partial charge on any atom is 0.321 e. The molecule has 2 aromatic rings. The zero-order valence-electron chi connectivity index (χ0n) is 14.9. The van der Waals surface area contributed by atoms with Crippen LogP contribution in [-0.4, -0.2) is 55.1 Å². The zero-order chi connectivity index (χ0) is 21.3. The first-order chi connectivity index (χ1) is 13.7. The molecule has 0 unspecified atom stereocenters. The van der Waals surface area contributed by atoms with E-state index in [0.29, 0.717) is 0 Å². The summed E-state index contributed by atoms with van der Waals surface area (Å²) >= 11 is 2.04. The molecule has 2 rings (SSSR count). The van der Waals surface area contributed by atoms with E-state index in [0.717, 1.165) is 22.7 Å². The third-order valence-corrected chi connectivity index (χ3v) is 8.75. The summed E-state index contributed by atoms with van der Waals surface area (Å²) in [6.07, 6.45) is 0.173. The average Bonchev–Trinajstić information content (AvgIpc) is 3.39. The Hall–Kier alpha value is -1.84. The van der Waals surface area contributed by atoms with E-state index in [4.69, 9.17) is 9.47 Å². The second-order valence-corrected chi connectivity index (χ2v) is 11.2. The van der Waals surface area contributed by atoms with Crippen molar-refractivity contribution in [2.75, 3.05) is 26.3 Å². The molecule has 2 aromatic heterocycles. The molecule has 2 heterocycles. The van der Waals surface area contributed by atoms with Crippen LogP contribution in [0.3, 0.4) is 0 Å². The van der Waals surface area contributed by atoms with Crippen LogP contribution in [0.2, 0.25) is 0 Å². The highest BCUT2D eigenvalue weighted by atomic mass is 32.3. The standard InChI is InChI=1S/C15H18N2O8S4/c18-12(10-16-28(20,21)14-4-1-8-26-14)24-6-3-7-25-13(19)11-17-29(22,23)15-5-2-9-27-15/h1-2,4-5,8-9,16-17H,3,6-7,10-11H2. The van der Waals surface area contributed by atoms with Crippen LogP contribution in [0.4, 0.5) is 0 Å². The summed E-state index contributed by atoms with van der Waals surface area (Å²) in [7, 11) is -7.50. The molecule has 0 aromatic carbocycles. The summed E-state index contributed by atoms with van der Waals surface area (Å²) in [5.74, 6) is -1.56. The maximum atomic E-state index is 11.8. The van der Waals surface area contributed by atoms with Crippen molar-refractivity contribution in [2.24, 2.45) is 0 Å². The van der Waals surface area contributed by atoms with Crippen molar-refractivity contribution in [1.82, 2.24) is 9.44 Å². The summed E-state index contributed by atoms with van der Waals surface area (Å²) in [4.78, 5) is 23.1. The second kappa shape index (κ2) is 10.8. The van der Waals surface area contributed by atoms with Gasteiger partial charge in [0, 0.05) is 6.42 Å². The lowest BCUT2D eigenvalue weighted by Gasteiger charge is -2.08. The van der Waals surface area contributed by atoms with Gasteiger partial charge in [-0.15, -0.1) is 22.7 Å². The number of rotatable bonds is 12. The zero-order valence-corrected chi connectivity index (χ0v) is 18.2. The van der Waals surface area contributed by atoms with Gasteiger partial charge >= 0.3 is 11.9 Å². The van der Waals surface area contributed by atoms with E-state index in [-0.39, 0.29) is 28.1 Å². The van der Waals surface area contributed by atoms with Gasteiger partial charge in [-0.3, -0.25) is 9.59 Å². The number of sulfonamides is 2. The summed E-state index contributed by atoms with van der Waals surface area (Å²) in [5.41, 5.74) is 0. The van der Waals surface area contributed by atoms with Gasteiger partial charge in [0.1, 0.15) is 21.5 Å².